The fourth-order valence-electron chi connectivity index (χ4n) is 2.36. The largest absolute Gasteiger partial charge is 0.337 e. The van der Waals surface area contributed by atoms with Crippen molar-refractivity contribution in [3.8, 4) is 0 Å². The summed E-state index contributed by atoms with van der Waals surface area (Å²) in [6.45, 7) is 0.467. The summed E-state index contributed by atoms with van der Waals surface area (Å²) in [6, 6.07) is 13.0. The molecule has 0 bridgehead atoms. The third kappa shape index (κ3) is 4.18. The number of anilines is 2. The lowest BCUT2D eigenvalue weighted by atomic mass is 10.2. The highest BCUT2D eigenvalue weighted by Crippen LogP contribution is 2.16. The van der Waals surface area contributed by atoms with Crippen LogP contribution in [-0.4, -0.2) is 27.8 Å². The summed E-state index contributed by atoms with van der Waals surface area (Å²) in [4.78, 5) is 22.1. The van der Waals surface area contributed by atoms with Gasteiger partial charge in [0.25, 0.3) is 5.91 Å². The van der Waals surface area contributed by atoms with Crippen LogP contribution in [-0.2, 0) is 6.54 Å². The second-order valence-electron chi connectivity index (χ2n) is 5.70. The fraction of sp³-hybridized carbons (Fsp3) is 0.105. The summed E-state index contributed by atoms with van der Waals surface area (Å²) in [5.41, 5.74) is 1.66. The minimum Gasteiger partial charge on any atom is -0.337 e. The van der Waals surface area contributed by atoms with E-state index in [1.165, 1.54) is 18.5 Å². The minimum absolute atomic E-state index is 0.179. The maximum absolute atomic E-state index is 13.2. The number of carbonyl (C=O) groups is 1. The molecule has 1 amide bonds. The molecule has 3 rings (SSSR count). The summed E-state index contributed by atoms with van der Waals surface area (Å²) in [5, 5.41) is 2.75. The average molecular weight is 354 g/mol. The number of hydrogen-bond donors (Lipinski definition) is 1. The van der Waals surface area contributed by atoms with Gasteiger partial charge in [-0.25, -0.2) is 18.7 Å². The number of halogens is 2. The van der Waals surface area contributed by atoms with Crippen LogP contribution in [0.15, 0.2) is 60.9 Å². The molecule has 0 saturated carbocycles. The first-order chi connectivity index (χ1) is 12.5. The summed E-state index contributed by atoms with van der Waals surface area (Å²) in [6.07, 6.45) is 2.78. The second-order valence-corrected chi connectivity index (χ2v) is 5.70. The summed E-state index contributed by atoms with van der Waals surface area (Å²) in [7, 11) is 1.70. The van der Waals surface area contributed by atoms with E-state index in [0.717, 1.165) is 17.7 Å². The van der Waals surface area contributed by atoms with Crippen molar-refractivity contribution in [3.05, 3.63) is 83.7 Å². The van der Waals surface area contributed by atoms with Gasteiger partial charge in [-0.1, -0.05) is 30.3 Å². The molecular formula is C19H16F2N4O. The number of nitrogens with one attached hydrogen (secondary N) is 1. The van der Waals surface area contributed by atoms with Crippen molar-refractivity contribution in [2.75, 3.05) is 12.4 Å². The van der Waals surface area contributed by atoms with Crippen LogP contribution < -0.4 is 5.32 Å². The number of amides is 1. The van der Waals surface area contributed by atoms with Crippen molar-refractivity contribution in [3.63, 3.8) is 0 Å². The van der Waals surface area contributed by atoms with Gasteiger partial charge in [-0.15, -0.1) is 0 Å². The topological polar surface area (TPSA) is 58.1 Å². The van der Waals surface area contributed by atoms with Gasteiger partial charge in [0.05, 0.1) is 5.56 Å². The summed E-state index contributed by atoms with van der Waals surface area (Å²) in [5.74, 6) is -1.94. The van der Waals surface area contributed by atoms with Gasteiger partial charge in [0, 0.05) is 37.7 Å². The molecule has 0 saturated heterocycles. The number of carbonyl (C=O) groups excluding carboxylic acids is 1. The first-order valence-corrected chi connectivity index (χ1v) is 7.86. The number of nitrogens with zero attached hydrogens (tertiary/aromatic N) is 3. The Morgan fingerprint density at radius 1 is 1.04 bits per heavy atom. The molecule has 1 heterocycles. The molecule has 3 aromatic rings. The highest BCUT2D eigenvalue weighted by molar-refractivity contribution is 5.93. The van der Waals surface area contributed by atoms with Crippen molar-refractivity contribution in [1.82, 2.24) is 14.9 Å². The van der Waals surface area contributed by atoms with Crippen molar-refractivity contribution in [2.45, 2.75) is 6.54 Å². The Balaban J connectivity index is 1.66. The van der Waals surface area contributed by atoms with Crippen LogP contribution in [0.5, 0.6) is 0 Å². The van der Waals surface area contributed by atoms with Crippen molar-refractivity contribution in [2.24, 2.45) is 0 Å². The van der Waals surface area contributed by atoms with Crippen LogP contribution in [0, 0.1) is 11.6 Å². The molecule has 0 aliphatic rings. The van der Waals surface area contributed by atoms with Crippen molar-refractivity contribution < 1.29 is 13.6 Å². The fourth-order valence-corrected chi connectivity index (χ4v) is 2.36. The van der Waals surface area contributed by atoms with E-state index in [4.69, 9.17) is 0 Å². The Hall–Kier alpha value is -3.35. The number of rotatable bonds is 5. The van der Waals surface area contributed by atoms with Crippen LogP contribution in [0.1, 0.15) is 15.9 Å². The van der Waals surface area contributed by atoms with Gasteiger partial charge in [0.15, 0.2) is 11.6 Å². The van der Waals surface area contributed by atoms with Crippen LogP contribution in [0.4, 0.5) is 20.4 Å². The van der Waals surface area contributed by atoms with E-state index in [1.807, 2.05) is 30.3 Å². The first-order valence-electron chi connectivity index (χ1n) is 7.86. The van der Waals surface area contributed by atoms with Gasteiger partial charge in [-0.05, 0) is 17.7 Å². The molecule has 0 fully saturated rings. The molecule has 26 heavy (non-hydrogen) atoms. The molecule has 132 valence electrons. The predicted octanol–water partition coefficient (Wildman–Crippen LogP) is 3.77. The maximum atomic E-state index is 13.2. The van der Waals surface area contributed by atoms with E-state index in [9.17, 15) is 13.6 Å². The highest BCUT2D eigenvalue weighted by Gasteiger charge is 2.13. The Bertz CT molecular complexity index is 901. The van der Waals surface area contributed by atoms with Gasteiger partial charge >= 0.3 is 0 Å². The lowest BCUT2D eigenvalue weighted by molar-refractivity contribution is 0.0784. The van der Waals surface area contributed by atoms with E-state index in [1.54, 1.807) is 11.9 Å². The minimum atomic E-state index is -0.968. The number of benzene rings is 2. The SMILES string of the molecule is CN(Cc1ccccc1)C(=O)c1cnc(Nc2ccc(F)c(F)c2)nc1. The zero-order valence-electron chi connectivity index (χ0n) is 14.0. The Morgan fingerprint density at radius 3 is 2.38 bits per heavy atom. The maximum Gasteiger partial charge on any atom is 0.257 e. The van der Waals surface area contributed by atoms with Gasteiger partial charge in [-0.3, -0.25) is 4.79 Å². The third-order valence-corrected chi connectivity index (χ3v) is 3.68. The third-order valence-electron chi connectivity index (χ3n) is 3.68. The second kappa shape index (κ2) is 7.69. The van der Waals surface area contributed by atoms with Crippen molar-refractivity contribution in [1.29, 1.82) is 0 Å². The lowest BCUT2D eigenvalue weighted by Gasteiger charge is -2.17. The van der Waals surface area contributed by atoms with E-state index < -0.39 is 11.6 Å². The molecule has 5 nitrogen and oxygen atoms in total. The molecule has 7 heteroatoms. The summed E-state index contributed by atoms with van der Waals surface area (Å²) >= 11 is 0. The van der Waals surface area contributed by atoms with Crippen LogP contribution >= 0.6 is 0 Å². The van der Waals surface area contributed by atoms with E-state index in [-0.39, 0.29) is 11.9 Å². The van der Waals surface area contributed by atoms with Gasteiger partial charge in [0.2, 0.25) is 5.95 Å². The van der Waals surface area contributed by atoms with Gasteiger partial charge in [0.1, 0.15) is 0 Å². The highest BCUT2D eigenvalue weighted by atomic mass is 19.2. The molecule has 0 unspecified atom stereocenters. The van der Waals surface area contributed by atoms with Crippen LogP contribution in [0.2, 0.25) is 0 Å². The van der Waals surface area contributed by atoms with Crippen molar-refractivity contribution >= 4 is 17.5 Å². The monoisotopic (exact) mass is 354 g/mol. The Morgan fingerprint density at radius 2 is 1.73 bits per heavy atom. The molecule has 1 aromatic heterocycles. The molecule has 0 aliphatic heterocycles. The average Bonchev–Trinajstić information content (AvgIpc) is 2.65. The van der Waals surface area contributed by atoms with Gasteiger partial charge in [-0.2, -0.15) is 0 Å². The Kier molecular flexibility index (Phi) is 5.17. The van der Waals surface area contributed by atoms with E-state index in [2.05, 4.69) is 15.3 Å². The smallest absolute Gasteiger partial charge is 0.257 e. The molecule has 1 N–H and O–H groups in total. The molecular weight excluding hydrogens is 338 g/mol. The quantitative estimate of drug-likeness (QED) is 0.758. The zero-order valence-corrected chi connectivity index (χ0v) is 14.0. The Labute approximate surface area is 149 Å². The lowest BCUT2D eigenvalue weighted by Crippen LogP contribution is -2.26. The molecule has 0 aliphatic carbocycles. The molecule has 0 spiro atoms. The number of hydrogen-bond acceptors (Lipinski definition) is 4. The normalized spacial score (nSPS) is 10.4. The predicted molar refractivity (Wildman–Crippen MR) is 93.9 cm³/mol. The van der Waals surface area contributed by atoms with E-state index >= 15 is 0 Å². The molecule has 2 aromatic carbocycles. The first kappa shape index (κ1) is 17.5. The standard InChI is InChI=1S/C19H16F2N4O/c1-25(12-13-5-3-2-4-6-13)18(26)14-10-22-19(23-11-14)24-15-7-8-16(20)17(21)9-15/h2-11H,12H2,1H3,(H,22,23,24). The van der Waals surface area contributed by atoms with Gasteiger partial charge < -0.3 is 10.2 Å². The zero-order chi connectivity index (χ0) is 18.5. The van der Waals surface area contributed by atoms with Crippen LogP contribution in [0.3, 0.4) is 0 Å². The summed E-state index contributed by atoms with van der Waals surface area (Å²) < 4.78 is 26.1. The molecule has 0 atom stereocenters. The van der Waals surface area contributed by atoms with E-state index in [0.29, 0.717) is 17.8 Å². The van der Waals surface area contributed by atoms with Crippen LogP contribution in [0.25, 0.3) is 0 Å². The number of aromatic nitrogens is 2. The molecule has 0 radical (unpaired) electrons.